The molecule has 0 aliphatic heterocycles. The maximum atomic E-state index is 11.1. The topological polar surface area (TPSA) is 92.4 Å². The van der Waals surface area contributed by atoms with Crippen LogP contribution in [0.15, 0.2) is 0 Å². The second kappa shape index (κ2) is 6.37. The highest BCUT2D eigenvalue weighted by atomic mass is 16.3. The summed E-state index contributed by atoms with van der Waals surface area (Å²) in [6.45, 7) is 3.93. The number of aliphatic hydroxyl groups is 1. The average molecular weight is 202 g/mol. The number of hydrogen-bond donors (Lipinski definition) is 3. The van der Waals surface area contributed by atoms with Gasteiger partial charge in [0, 0.05) is 6.42 Å². The van der Waals surface area contributed by atoms with Crippen LogP contribution in [-0.2, 0) is 9.59 Å². The minimum Gasteiger partial charge on any atom is -0.381 e. The smallest absolute Gasteiger partial charge is 0.248 e. The second-order valence-corrected chi connectivity index (χ2v) is 3.65. The number of rotatable bonds is 6. The predicted molar refractivity (Wildman–Crippen MR) is 52.3 cm³/mol. The molecule has 2 amide bonds. The van der Waals surface area contributed by atoms with Crippen LogP contribution in [0, 0.1) is 5.92 Å². The lowest BCUT2D eigenvalue weighted by molar-refractivity contribution is -0.127. The van der Waals surface area contributed by atoms with Gasteiger partial charge < -0.3 is 16.2 Å². The van der Waals surface area contributed by atoms with E-state index in [1.54, 1.807) is 0 Å². The first-order valence-electron chi connectivity index (χ1n) is 4.67. The lowest BCUT2D eigenvalue weighted by atomic mass is 10.1. The van der Waals surface area contributed by atoms with E-state index in [9.17, 15) is 9.59 Å². The minimum absolute atomic E-state index is 0.105. The highest BCUT2D eigenvalue weighted by Gasteiger charge is 2.11. The first-order valence-corrected chi connectivity index (χ1v) is 4.67. The van der Waals surface area contributed by atoms with Gasteiger partial charge in [0.2, 0.25) is 11.8 Å². The Labute approximate surface area is 83.7 Å². The quantitative estimate of drug-likeness (QED) is 0.536. The number of nitrogens with two attached hydrogens (primary N) is 1. The summed E-state index contributed by atoms with van der Waals surface area (Å²) in [7, 11) is 0. The minimum atomic E-state index is -1.29. The molecule has 0 aromatic carbocycles. The van der Waals surface area contributed by atoms with E-state index in [-0.39, 0.29) is 12.5 Å². The van der Waals surface area contributed by atoms with Crippen LogP contribution in [0.4, 0.5) is 0 Å². The Morgan fingerprint density at radius 3 is 2.43 bits per heavy atom. The summed E-state index contributed by atoms with van der Waals surface area (Å²) in [6.07, 6.45) is -0.0974. The van der Waals surface area contributed by atoms with Gasteiger partial charge in [0.15, 0.2) is 0 Å². The van der Waals surface area contributed by atoms with E-state index >= 15 is 0 Å². The number of primary amides is 1. The van der Waals surface area contributed by atoms with Crippen LogP contribution < -0.4 is 11.1 Å². The van der Waals surface area contributed by atoms with Crippen molar-refractivity contribution < 1.29 is 14.7 Å². The van der Waals surface area contributed by atoms with Crippen LogP contribution in [0.5, 0.6) is 0 Å². The zero-order chi connectivity index (χ0) is 11.1. The number of nitrogens with one attached hydrogen (secondary N) is 1. The number of carbonyl (C=O) groups excluding carboxylic acids is 2. The number of hydrogen-bond acceptors (Lipinski definition) is 3. The molecular weight excluding hydrogens is 184 g/mol. The van der Waals surface area contributed by atoms with E-state index in [1.165, 1.54) is 0 Å². The number of carbonyl (C=O) groups is 2. The molecule has 4 N–H and O–H groups in total. The maximum absolute atomic E-state index is 11.1. The fourth-order valence-corrected chi connectivity index (χ4v) is 0.819. The highest BCUT2D eigenvalue weighted by Crippen LogP contribution is 2.02. The highest BCUT2D eigenvalue weighted by molar-refractivity contribution is 5.80. The Morgan fingerprint density at radius 2 is 2.00 bits per heavy atom. The Bertz CT molecular complexity index is 204. The number of amides is 2. The van der Waals surface area contributed by atoms with Gasteiger partial charge in [-0.1, -0.05) is 13.8 Å². The van der Waals surface area contributed by atoms with Crippen LogP contribution in [0.25, 0.3) is 0 Å². The van der Waals surface area contributed by atoms with Gasteiger partial charge in [0.25, 0.3) is 0 Å². The predicted octanol–water partition coefficient (Wildman–Crippen LogP) is -0.615. The molecule has 0 rings (SSSR count). The van der Waals surface area contributed by atoms with E-state index in [0.29, 0.717) is 12.3 Å². The summed E-state index contributed by atoms with van der Waals surface area (Å²) < 4.78 is 0. The van der Waals surface area contributed by atoms with Gasteiger partial charge in [0.05, 0.1) is 6.54 Å². The summed E-state index contributed by atoms with van der Waals surface area (Å²) in [4.78, 5) is 21.5. The summed E-state index contributed by atoms with van der Waals surface area (Å²) in [5.74, 6) is -0.532. The summed E-state index contributed by atoms with van der Waals surface area (Å²) in [5.41, 5.74) is 4.80. The molecule has 0 saturated carbocycles. The van der Waals surface area contributed by atoms with Gasteiger partial charge in [-0.2, -0.15) is 0 Å². The molecule has 0 aliphatic rings. The molecule has 14 heavy (non-hydrogen) atoms. The summed E-state index contributed by atoms with van der Waals surface area (Å²) in [6, 6.07) is 0. The SMILES string of the molecule is CC(C)CCC(=O)NCC(O)C(N)=O. The van der Waals surface area contributed by atoms with Crippen molar-refractivity contribution in [1.29, 1.82) is 0 Å². The van der Waals surface area contributed by atoms with Crippen molar-refractivity contribution in [2.45, 2.75) is 32.8 Å². The molecule has 0 bridgehead atoms. The van der Waals surface area contributed by atoms with Crippen LogP contribution in [-0.4, -0.2) is 29.6 Å². The van der Waals surface area contributed by atoms with Gasteiger partial charge >= 0.3 is 0 Å². The molecule has 0 spiro atoms. The molecule has 0 fully saturated rings. The lowest BCUT2D eigenvalue weighted by Crippen LogP contribution is -2.39. The van der Waals surface area contributed by atoms with E-state index in [0.717, 1.165) is 6.42 Å². The largest absolute Gasteiger partial charge is 0.381 e. The van der Waals surface area contributed by atoms with Crippen LogP contribution in [0.2, 0.25) is 0 Å². The first-order chi connectivity index (χ1) is 6.43. The Kier molecular flexibility index (Phi) is 5.87. The molecule has 0 heterocycles. The van der Waals surface area contributed by atoms with Crippen LogP contribution in [0.1, 0.15) is 26.7 Å². The fourth-order valence-electron chi connectivity index (χ4n) is 0.819. The molecule has 0 aliphatic carbocycles. The third-order valence-corrected chi connectivity index (χ3v) is 1.77. The molecule has 0 aromatic heterocycles. The van der Waals surface area contributed by atoms with Gasteiger partial charge in [-0.05, 0) is 12.3 Å². The van der Waals surface area contributed by atoms with Crippen molar-refractivity contribution in [3.8, 4) is 0 Å². The third-order valence-electron chi connectivity index (χ3n) is 1.77. The monoisotopic (exact) mass is 202 g/mol. The normalized spacial score (nSPS) is 12.6. The van der Waals surface area contributed by atoms with Crippen molar-refractivity contribution in [3.63, 3.8) is 0 Å². The van der Waals surface area contributed by atoms with Gasteiger partial charge in [-0.15, -0.1) is 0 Å². The van der Waals surface area contributed by atoms with Crippen molar-refractivity contribution in [2.75, 3.05) is 6.54 Å². The van der Waals surface area contributed by atoms with E-state index in [2.05, 4.69) is 5.32 Å². The molecule has 0 radical (unpaired) electrons. The zero-order valence-corrected chi connectivity index (χ0v) is 8.62. The zero-order valence-electron chi connectivity index (χ0n) is 8.62. The van der Waals surface area contributed by atoms with Gasteiger partial charge in [0.1, 0.15) is 6.10 Å². The van der Waals surface area contributed by atoms with Crippen molar-refractivity contribution in [2.24, 2.45) is 11.7 Å². The molecule has 5 nitrogen and oxygen atoms in total. The van der Waals surface area contributed by atoms with Crippen LogP contribution in [0.3, 0.4) is 0 Å². The Morgan fingerprint density at radius 1 is 1.43 bits per heavy atom. The van der Waals surface area contributed by atoms with E-state index < -0.39 is 12.0 Å². The van der Waals surface area contributed by atoms with Gasteiger partial charge in [-0.3, -0.25) is 9.59 Å². The molecule has 5 heteroatoms. The van der Waals surface area contributed by atoms with E-state index in [1.807, 2.05) is 13.8 Å². The number of aliphatic hydroxyl groups excluding tert-OH is 1. The molecular formula is C9H18N2O3. The first kappa shape index (κ1) is 12.9. The van der Waals surface area contributed by atoms with Crippen molar-refractivity contribution in [1.82, 2.24) is 5.32 Å². The average Bonchev–Trinajstić information content (AvgIpc) is 2.10. The molecule has 0 aromatic rings. The molecule has 82 valence electrons. The fraction of sp³-hybridized carbons (Fsp3) is 0.778. The lowest BCUT2D eigenvalue weighted by Gasteiger charge is -2.09. The summed E-state index contributed by atoms with van der Waals surface area (Å²) >= 11 is 0. The maximum Gasteiger partial charge on any atom is 0.248 e. The Balaban J connectivity index is 3.59. The van der Waals surface area contributed by atoms with Crippen LogP contribution >= 0.6 is 0 Å². The van der Waals surface area contributed by atoms with Crippen molar-refractivity contribution in [3.05, 3.63) is 0 Å². The van der Waals surface area contributed by atoms with E-state index in [4.69, 9.17) is 10.8 Å². The molecule has 1 atom stereocenters. The third kappa shape index (κ3) is 6.42. The molecule has 1 unspecified atom stereocenters. The van der Waals surface area contributed by atoms with Gasteiger partial charge in [-0.25, -0.2) is 0 Å². The molecule has 0 saturated heterocycles. The summed E-state index contributed by atoms with van der Waals surface area (Å²) in [5, 5.41) is 11.4. The Hall–Kier alpha value is -1.10. The van der Waals surface area contributed by atoms with Crippen molar-refractivity contribution >= 4 is 11.8 Å². The standard InChI is InChI=1S/C9H18N2O3/c1-6(2)3-4-8(13)11-5-7(12)9(10)14/h6-7,12H,3-5H2,1-2H3,(H2,10,14)(H,11,13). The second-order valence-electron chi connectivity index (χ2n) is 3.65.